The van der Waals surface area contributed by atoms with Crippen molar-refractivity contribution in [1.82, 2.24) is 5.32 Å². The molecule has 0 heterocycles. The fourth-order valence-electron chi connectivity index (χ4n) is 1.54. The van der Waals surface area contributed by atoms with Crippen LogP contribution in [0.1, 0.15) is 17.3 Å². The summed E-state index contributed by atoms with van der Waals surface area (Å²) in [7, 11) is 2.96. The van der Waals surface area contributed by atoms with Crippen molar-refractivity contribution in [3.05, 3.63) is 28.8 Å². The molecule has 0 aliphatic carbocycles. The lowest BCUT2D eigenvalue weighted by Crippen LogP contribution is -2.37. The van der Waals surface area contributed by atoms with E-state index >= 15 is 0 Å². The molecule has 0 bridgehead atoms. The third kappa shape index (κ3) is 5.24. The lowest BCUT2D eigenvalue weighted by atomic mass is 10.2. The van der Waals surface area contributed by atoms with Crippen LogP contribution in [-0.2, 0) is 14.3 Å². The third-order valence-electron chi connectivity index (χ3n) is 2.64. The summed E-state index contributed by atoms with van der Waals surface area (Å²) >= 11 is 5.84. The molecule has 0 spiro atoms. The number of hydrogen-bond acceptors (Lipinski definition) is 5. The number of carbonyl (C=O) groups excluding carboxylic acids is 2. The van der Waals surface area contributed by atoms with Crippen LogP contribution in [-0.4, -0.2) is 45.4 Å². The van der Waals surface area contributed by atoms with E-state index in [2.05, 4.69) is 5.32 Å². The molecular formula is C14H18ClNO5. The summed E-state index contributed by atoms with van der Waals surface area (Å²) in [6.07, 6.45) is -0.932. The van der Waals surface area contributed by atoms with E-state index in [1.54, 1.807) is 12.1 Å². The lowest BCUT2D eigenvalue weighted by Gasteiger charge is -2.14. The summed E-state index contributed by atoms with van der Waals surface area (Å²) in [5.74, 6) is -0.749. The number of amides is 1. The van der Waals surface area contributed by atoms with Crippen LogP contribution >= 0.6 is 11.6 Å². The molecule has 0 saturated carbocycles. The number of carbonyl (C=O) groups is 2. The smallest absolute Gasteiger partial charge is 0.342 e. The van der Waals surface area contributed by atoms with E-state index in [1.165, 1.54) is 27.2 Å². The van der Waals surface area contributed by atoms with E-state index in [0.29, 0.717) is 23.9 Å². The Balaban J connectivity index is 2.68. The molecule has 7 heteroatoms. The van der Waals surface area contributed by atoms with Gasteiger partial charge in [0.25, 0.3) is 5.91 Å². The molecule has 0 unspecified atom stereocenters. The summed E-state index contributed by atoms with van der Waals surface area (Å²) < 4.78 is 15.0. The minimum atomic E-state index is -0.932. The van der Waals surface area contributed by atoms with Gasteiger partial charge in [0.2, 0.25) is 0 Å². The Hall–Kier alpha value is -1.79. The van der Waals surface area contributed by atoms with Gasteiger partial charge in [-0.25, -0.2) is 4.79 Å². The zero-order valence-corrected chi connectivity index (χ0v) is 12.9. The van der Waals surface area contributed by atoms with Crippen LogP contribution in [0.5, 0.6) is 5.75 Å². The fourth-order valence-corrected chi connectivity index (χ4v) is 1.71. The van der Waals surface area contributed by atoms with Crippen LogP contribution in [0.4, 0.5) is 0 Å². The number of methoxy groups -OCH3 is 2. The lowest BCUT2D eigenvalue weighted by molar-refractivity contribution is -0.129. The van der Waals surface area contributed by atoms with Gasteiger partial charge >= 0.3 is 5.97 Å². The van der Waals surface area contributed by atoms with Crippen molar-refractivity contribution < 1.29 is 23.8 Å². The normalized spacial score (nSPS) is 11.6. The van der Waals surface area contributed by atoms with Crippen LogP contribution in [0.25, 0.3) is 0 Å². The average Bonchev–Trinajstić information content (AvgIpc) is 2.47. The summed E-state index contributed by atoms with van der Waals surface area (Å²) in [4.78, 5) is 23.8. The minimum Gasteiger partial charge on any atom is -0.496 e. The predicted molar refractivity (Wildman–Crippen MR) is 77.8 cm³/mol. The number of rotatable bonds is 7. The number of esters is 1. The van der Waals surface area contributed by atoms with Crippen LogP contribution in [0, 0.1) is 0 Å². The van der Waals surface area contributed by atoms with Gasteiger partial charge in [-0.05, 0) is 25.1 Å². The average molecular weight is 316 g/mol. The maximum atomic E-state index is 12.1. The van der Waals surface area contributed by atoms with Crippen molar-refractivity contribution in [2.45, 2.75) is 13.0 Å². The molecule has 0 fully saturated rings. The number of hydrogen-bond donors (Lipinski definition) is 1. The van der Waals surface area contributed by atoms with E-state index in [1.807, 2.05) is 0 Å². The standard InChI is InChI=1S/C14H18ClNO5/c1-9(13(17)16-6-7-19-2)21-14(18)11-8-10(15)4-5-12(11)20-3/h4-5,8-9H,6-7H2,1-3H3,(H,16,17)/t9-/m0/s1. The van der Waals surface area contributed by atoms with Crippen molar-refractivity contribution >= 4 is 23.5 Å². The zero-order valence-electron chi connectivity index (χ0n) is 12.1. The molecule has 21 heavy (non-hydrogen) atoms. The van der Waals surface area contributed by atoms with Gasteiger partial charge in [-0.2, -0.15) is 0 Å². The van der Waals surface area contributed by atoms with Crippen LogP contribution in [0.2, 0.25) is 5.02 Å². The summed E-state index contributed by atoms with van der Waals surface area (Å²) in [5.41, 5.74) is 0.168. The molecule has 1 amide bonds. The monoisotopic (exact) mass is 315 g/mol. The SMILES string of the molecule is COCCNC(=O)[C@H](C)OC(=O)c1cc(Cl)ccc1OC. The Morgan fingerprint density at radius 1 is 1.33 bits per heavy atom. The molecule has 6 nitrogen and oxygen atoms in total. The van der Waals surface area contributed by atoms with Crippen molar-refractivity contribution in [3.63, 3.8) is 0 Å². The Morgan fingerprint density at radius 3 is 2.67 bits per heavy atom. The molecule has 1 aromatic carbocycles. The molecule has 1 aromatic rings. The summed E-state index contributed by atoms with van der Waals surface area (Å²) in [6.45, 7) is 2.21. The quantitative estimate of drug-likeness (QED) is 0.612. The Labute approximate surface area is 128 Å². The van der Waals surface area contributed by atoms with E-state index < -0.39 is 18.0 Å². The predicted octanol–water partition coefficient (Wildman–Crippen LogP) is 1.66. The second-order valence-electron chi connectivity index (χ2n) is 4.18. The van der Waals surface area contributed by atoms with Crippen LogP contribution < -0.4 is 10.1 Å². The minimum absolute atomic E-state index is 0.168. The molecule has 0 saturated heterocycles. The van der Waals surface area contributed by atoms with Crippen LogP contribution in [0.15, 0.2) is 18.2 Å². The first-order valence-electron chi connectivity index (χ1n) is 6.30. The topological polar surface area (TPSA) is 73.9 Å². The van der Waals surface area contributed by atoms with E-state index in [-0.39, 0.29) is 5.56 Å². The van der Waals surface area contributed by atoms with Gasteiger partial charge < -0.3 is 19.5 Å². The maximum absolute atomic E-state index is 12.1. The molecule has 1 rings (SSSR count). The van der Waals surface area contributed by atoms with Gasteiger partial charge in [-0.15, -0.1) is 0 Å². The van der Waals surface area contributed by atoms with Crippen molar-refractivity contribution in [1.29, 1.82) is 0 Å². The molecule has 0 aliphatic rings. The highest BCUT2D eigenvalue weighted by Crippen LogP contribution is 2.23. The molecule has 0 radical (unpaired) electrons. The van der Waals surface area contributed by atoms with Crippen molar-refractivity contribution in [2.24, 2.45) is 0 Å². The summed E-state index contributed by atoms with van der Waals surface area (Å²) in [6, 6.07) is 4.58. The molecule has 1 atom stereocenters. The van der Waals surface area contributed by atoms with E-state index in [9.17, 15) is 9.59 Å². The number of benzene rings is 1. The fraction of sp³-hybridized carbons (Fsp3) is 0.429. The molecular weight excluding hydrogens is 298 g/mol. The number of halogens is 1. The Bertz CT molecular complexity index is 506. The molecule has 0 aliphatic heterocycles. The van der Waals surface area contributed by atoms with E-state index in [0.717, 1.165) is 0 Å². The first-order chi connectivity index (χ1) is 9.99. The Kier molecular flexibility index (Phi) is 6.98. The number of nitrogens with one attached hydrogen (secondary N) is 1. The van der Waals surface area contributed by atoms with Gasteiger partial charge in [-0.1, -0.05) is 11.6 Å². The van der Waals surface area contributed by atoms with Gasteiger partial charge in [0, 0.05) is 18.7 Å². The van der Waals surface area contributed by atoms with E-state index in [4.69, 9.17) is 25.8 Å². The van der Waals surface area contributed by atoms with Crippen molar-refractivity contribution in [3.8, 4) is 5.75 Å². The highest BCUT2D eigenvalue weighted by Gasteiger charge is 2.21. The van der Waals surface area contributed by atoms with Gasteiger partial charge in [0.05, 0.1) is 13.7 Å². The maximum Gasteiger partial charge on any atom is 0.342 e. The van der Waals surface area contributed by atoms with Crippen molar-refractivity contribution in [2.75, 3.05) is 27.4 Å². The summed E-state index contributed by atoms with van der Waals surface area (Å²) in [5, 5.41) is 2.96. The number of ether oxygens (including phenoxy) is 3. The largest absolute Gasteiger partial charge is 0.496 e. The van der Waals surface area contributed by atoms with Gasteiger partial charge in [-0.3, -0.25) is 4.79 Å². The zero-order chi connectivity index (χ0) is 15.8. The molecule has 1 N–H and O–H groups in total. The first kappa shape index (κ1) is 17.3. The highest BCUT2D eigenvalue weighted by molar-refractivity contribution is 6.31. The van der Waals surface area contributed by atoms with Gasteiger partial charge in [0.15, 0.2) is 6.10 Å². The van der Waals surface area contributed by atoms with Crippen LogP contribution in [0.3, 0.4) is 0 Å². The second-order valence-corrected chi connectivity index (χ2v) is 4.61. The molecule has 0 aromatic heterocycles. The van der Waals surface area contributed by atoms with Gasteiger partial charge in [0.1, 0.15) is 11.3 Å². The molecule has 116 valence electrons. The third-order valence-corrected chi connectivity index (χ3v) is 2.87. The first-order valence-corrected chi connectivity index (χ1v) is 6.68. The second kappa shape index (κ2) is 8.49. The Morgan fingerprint density at radius 2 is 2.05 bits per heavy atom. The highest BCUT2D eigenvalue weighted by atomic mass is 35.5.